The lowest BCUT2D eigenvalue weighted by atomic mass is 11.8. The Morgan fingerprint density at radius 2 is 2.33 bits per heavy atom. The van der Waals surface area contributed by atoms with Crippen molar-refractivity contribution in [3.05, 3.63) is 0 Å². The van der Waals surface area contributed by atoms with Crippen LogP contribution in [-0.2, 0) is 0 Å². The van der Waals surface area contributed by atoms with Gasteiger partial charge in [0.15, 0.2) is 0 Å². The Labute approximate surface area is 49.2 Å². The number of hydrogen-bond acceptors (Lipinski definition) is 4. The summed E-state index contributed by atoms with van der Waals surface area (Å²) in [6.45, 7) is 0. The van der Waals surface area contributed by atoms with Crippen molar-refractivity contribution >= 4 is 38.8 Å². The summed E-state index contributed by atoms with van der Waals surface area (Å²) in [5.74, 6) is 0. The Morgan fingerprint density at radius 1 is 1.83 bits per heavy atom. The molecule has 5 heteroatoms. The van der Waals surface area contributed by atoms with Crippen molar-refractivity contribution in [3.63, 3.8) is 0 Å². The Bertz CT molecular complexity index is 54.8. The van der Waals surface area contributed by atoms with Gasteiger partial charge in [0.05, 0.1) is 0 Å². The normalized spacial score (nSPS) is 8.33. The molecule has 0 aliphatic carbocycles. The first-order valence-electron chi connectivity index (χ1n) is 1.03. The van der Waals surface area contributed by atoms with Gasteiger partial charge in [0.1, 0.15) is 0 Å². The third-order valence-corrected chi connectivity index (χ3v) is 1.75. The predicted molar refractivity (Wildman–Crippen MR) is 33.8 cm³/mol. The molecule has 0 spiro atoms. The van der Waals surface area contributed by atoms with Gasteiger partial charge in [0.25, 0.3) is 4.45 Å². The minimum atomic E-state index is -0.262. The van der Waals surface area contributed by atoms with Crippen LogP contribution in [0.3, 0.4) is 0 Å². The van der Waals surface area contributed by atoms with Gasteiger partial charge in [0.2, 0.25) is 0 Å². The molecule has 0 amide bonds. The summed E-state index contributed by atoms with van der Waals surface area (Å²) in [4.78, 5) is 9.77. The maximum Gasteiger partial charge on any atom is 0.254 e. The van der Waals surface area contributed by atoms with Crippen molar-refractivity contribution in [1.82, 2.24) is 0 Å². The SMILES string of the molecule is NSSC(=O)S. The molecule has 6 heavy (non-hydrogen) atoms. The molecule has 0 saturated carbocycles. The summed E-state index contributed by atoms with van der Waals surface area (Å²) in [6, 6.07) is 0. The highest BCUT2D eigenvalue weighted by atomic mass is 33.1. The standard InChI is InChI=1S/CH3NOS3/c2-6-5-1(3)4/h2H2,(H,3,4). The summed E-state index contributed by atoms with van der Waals surface area (Å²) in [7, 11) is 1.81. The molecule has 0 rings (SSSR count). The summed E-state index contributed by atoms with van der Waals surface area (Å²) < 4.78 is -0.262. The lowest BCUT2D eigenvalue weighted by molar-refractivity contribution is 0.277. The fraction of sp³-hybridized carbons (Fsp3) is 0. The van der Waals surface area contributed by atoms with Gasteiger partial charge in [-0.3, -0.25) is 9.93 Å². The number of carbonyl (C=O) groups is 1. The second-order valence-corrected chi connectivity index (χ2v) is 2.96. The van der Waals surface area contributed by atoms with E-state index in [-0.39, 0.29) is 4.45 Å². The van der Waals surface area contributed by atoms with Gasteiger partial charge in [-0.25, -0.2) is 0 Å². The van der Waals surface area contributed by atoms with Gasteiger partial charge in [-0.1, -0.05) is 12.6 Å². The summed E-state index contributed by atoms with van der Waals surface area (Å²) in [5, 5.41) is 4.84. The Hall–Kier alpha value is 0.680. The average molecular weight is 141 g/mol. The molecule has 0 aliphatic heterocycles. The summed E-state index contributed by atoms with van der Waals surface area (Å²) in [5.41, 5.74) is 0. The largest absolute Gasteiger partial charge is 0.274 e. The van der Waals surface area contributed by atoms with E-state index < -0.39 is 0 Å². The molecule has 2 N–H and O–H groups in total. The Balaban J connectivity index is 2.83. The zero-order chi connectivity index (χ0) is 4.99. The number of rotatable bonds is 1. The van der Waals surface area contributed by atoms with Crippen molar-refractivity contribution in [2.45, 2.75) is 0 Å². The molecule has 0 atom stereocenters. The molecule has 0 aromatic heterocycles. The van der Waals surface area contributed by atoms with E-state index in [9.17, 15) is 4.79 Å². The summed E-state index contributed by atoms with van der Waals surface area (Å²) in [6.07, 6.45) is 0. The quantitative estimate of drug-likeness (QED) is 0.328. The number of thiol groups is 1. The van der Waals surface area contributed by atoms with Gasteiger partial charge in [-0.15, -0.1) is 0 Å². The highest BCUT2D eigenvalue weighted by molar-refractivity contribution is 8.84. The number of nitrogens with two attached hydrogens (primary N) is 1. The molecule has 0 aromatic carbocycles. The van der Waals surface area contributed by atoms with Crippen molar-refractivity contribution in [1.29, 1.82) is 0 Å². The molecule has 36 valence electrons. The van der Waals surface area contributed by atoms with E-state index in [0.717, 1.165) is 21.8 Å². The van der Waals surface area contributed by atoms with E-state index in [1.807, 2.05) is 0 Å². The molecule has 0 aromatic rings. The molecule has 0 bridgehead atoms. The van der Waals surface area contributed by atoms with Crippen molar-refractivity contribution < 1.29 is 4.79 Å². The van der Waals surface area contributed by atoms with Crippen LogP contribution in [-0.4, -0.2) is 4.45 Å². The van der Waals surface area contributed by atoms with Crippen molar-refractivity contribution in [2.24, 2.45) is 5.14 Å². The van der Waals surface area contributed by atoms with E-state index >= 15 is 0 Å². The average Bonchev–Trinajstić information content (AvgIpc) is 1.35. The van der Waals surface area contributed by atoms with E-state index in [2.05, 4.69) is 12.6 Å². The van der Waals surface area contributed by atoms with Crippen LogP contribution < -0.4 is 5.14 Å². The van der Waals surface area contributed by atoms with Crippen LogP contribution >= 0.6 is 34.4 Å². The second kappa shape index (κ2) is 3.86. The first-order chi connectivity index (χ1) is 2.77. The molecule has 0 unspecified atom stereocenters. The van der Waals surface area contributed by atoms with Crippen LogP contribution in [0.15, 0.2) is 0 Å². The Kier molecular flexibility index (Phi) is 4.29. The molecule has 2 nitrogen and oxygen atoms in total. The first kappa shape index (κ1) is 6.68. The van der Waals surface area contributed by atoms with E-state index in [4.69, 9.17) is 5.14 Å². The van der Waals surface area contributed by atoms with Crippen LogP contribution in [0.4, 0.5) is 4.79 Å². The first-order valence-corrected chi connectivity index (χ1v) is 3.69. The molecule has 0 aliphatic rings. The molecule has 0 radical (unpaired) electrons. The van der Waals surface area contributed by atoms with Crippen molar-refractivity contribution in [2.75, 3.05) is 0 Å². The summed E-state index contributed by atoms with van der Waals surface area (Å²) >= 11 is 3.40. The molecule has 0 fully saturated rings. The third-order valence-electron chi connectivity index (χ3n) is 0.119. The van der Waals surface area contributed by atoms with Crippen LogP contribution in [0.5, 0.6) is 0 Å². The predicted octanol–water partition coefficient (Wildman–Crippen LogP) is 1.29. The van der Waals surface area contributed by atoms with Crippen LogP contribution in [0.1, 0.15) is 0 Å². The highest BCUT2D eigenvalue weighted by Gasteiger charge is 1.87. The van der Waals surface area contributed by atoms with Crippen LogP contribution in [0.25, 0.3) is 0 Å². The molecule has 0 saturated heterocycles. The zero-order valence-corrected chi connectivity index (χ0v) is 5.28. The maximum absolute atomic E-state index is 9.77. The minimum Gasteiger partial charge on any atom is -0.274 e. The van der Waals surface area contributed by atoms with Gasteiger partial charge >= 0.3 is 0 Å². The third kappa shape index (κ3) is 4.68. The van der Waals surface area contributed by atoms with E-state index in [1.54, 1.807) is 0 Å². The number of hydrogen-bond donors (Lipinski definition) is 2. The van der Waals surface area contributed by atoms with Gasteiger partial charge < -0.3 is 0 Å². The fourth-order valence-corrected chi connectivity index (χ4v) is 0.758. The fourth-order valence-electron chi connectivity index (χ4n) is 0.0412. The van der Waals surface area contributed by atoms with Gasteiger partial charge in [-0.05, 0) is 11.0 Å². The topological polar surface area (TPSA) is 43.1 Å². The molecule has 0 heterocycles. The molecular weight excluding hydrogens is 138 g/mol. The molecular formula is CH3NOS3. The second-order valence-electron chi connectivity index (χ2n) is 0.445. The van der Waals surface area contributed by atoms with Gasteiger partial charge in [0, 0.05) is 10.8 Å². The monoisotopic (exact) mass is 141 g/mol. The smallest absolute Gasteiger partial charge is 0.254 e. The van der Waals surface area contributed by atoms with E-state index in [0.29, 0.717) is 0 Å². The van der Waals surface area contributed by atoms with Crippen molar-refractivity contribution in [3.8, 4) is 0 Å². The van der Waals surface area contributed by atoms with Crippen LogP contribution in [0, 0.1) is 0 Å². The lowest BCUT2D eigenvalue weighted by Crippen LogP contribution is -1.71. The zero-order valence-electron chi connectivity index (χ0n) is 2.75. The highest BCUT2D eigenvalue weighted by Crippen LogP contribution is 2.16. The maximum atomic E-state index is 9.77. The lowest BCUT2D eigenvalue weighted by Gasteiger charge is -1.78. The van der Waals surface area contributed by atoms with Crippen LogP contribution in [0.2, 0.25) is 0 Å². The van der Waals surface area contributed by atoms with Gasteiger partial charge in [-0.2, -0.15) is 0 Å². The minimum absolute atomic E-state index is 0.262. The Morgan fingerprint density at radius 3 is 2.33 bits per heavy atom. The number of carbonyl (C=O) groups excluding carboxylic acids is 1. The van der Waals surface area contributed by atoms with E-state index in [1.165, 1.54) is 0 Å².